The molecule has 128 valence electrons. The van der Waals surface area contributed by atoms with Gasteiger partial charge in [0.2, 0.25) is 0 Å². The molecular formula is C17H24N6O. The molecule has 2 aromatic rings. The summed E-state index contributed by atoms with van der Waals surface area (Å²) in [5.74, 6) is 2.29. The van der Waals surface area contributed by atoms with Gasteiger partial charge in [0, 0.05) is 32.1 Å². The van der Waals surface area contributed by atoms with Crippen molar-refractivity contribution in [1.82, 2.24) is 29.9 Å². The molecule has 0 atom stereocenters. The molecule has 0 aromatic carbocycles. The molecular weight excluding hydrogens is 304 g/mol. The maximum Gasteiger partial charge on any atom is 0.255 e. The summed E-state index contributed by atoms with van der Waals surface area (Å²) in [7, 11) is 1.87. The Morgan fingerprint density at radius 3 is 2.92 bits per heavy atom. The second-order valence-electron chi connectivity index (χ2n) is 6.91. The number of amides is 1. The van der Waals surface area contributed by atoms with Crippen LogP contribution in [0.5, 0.6) is 0 Å². The van der Waals surface area contributed by atoms with Gasteiger partial charge in [0.25, 0.3) is 5.91 Å². The average molecular weight is 328 g/mol. The lowest BCUT2D eigenvalue weighted by molar-refractivity contribution is 0.0947. The number of rotatable bonds is 4. The summed E-state index contributed by atoms with van der Waals surface area (Å²) in [5, 5.41) is 16.1. The van der Waals surface area contributed by atoms with Crippen molar-refractivity contribution >= 4 is 5.91 Å². The Balaban J connectivity index is 1.47. The quantitative estimate of drug-likeness (QED) is 0.930. The van der Waals surface area contributed by atoms with Crippen molar-refractivity contribution in [3.8, 4) is 0 Å². The van der Waals surface area contributed by atoms with Gasteiger partial charge in [0.1, 0.15) is 5.82 Å². The smallest absolute Gasteiger partial charge is 0.255 e. The van der Waals surface area contributed by atoms with Gasteiger partial charge in [-0.1, -0.05) is 12.8 Å². The minimum absolute atomic E-state index is 0.0593. The van der Waals surface area contributed by atoms with Crippen LogP contribution in [0.15, 0.2) is 6.20 Å². The average Bonchev–Trinajstić information content (AvgIpc) is 2.99. The van der Waals surface area contributed by atoms with Crippen molar-refractivity contribution in [3.05, 3.63) is 29.1 Å². The zero-order valence-corrected chi connectivity index (χ0v) is 14.2. The number of nitrogens with zero attached hydrogens (tertiary/aromatic N) is 5. The van der Waals surface area contributed by atoms with E-state index in [2.05, 4.69) is 25.2 Å². The molecule has 1 aliphatic heterocycles. The van der Waals surface area contributed by atoms with Crippen LogP contribution < -0.4 is 5.32 Å². The predicted octanol–water partition coefficient (Wildman–Crippen LogP) is 1.94. The topological polar surface area (TPSA) is 77.6 Å². The van der Waals surface area contributed by atoms with Gasteiger partial charge in [0.05, 0.1) is 17.8 Å². The third kappa shape index (κ3) is 2.83. The lowest BCUT2D eigenvalue weighted by Gasteiger charge is -2.24. The summed E-state index contributed by atoms with van der Waals surface area (Å²) >= 11 is 0. The molecule has 0 bridgehead atoms. The van der Waals surface area contributed by atoms with Crippen LogP contribution in [0.1, 0.15) is 72.1 Å². The van der Waals surface area contributed by atoms with Crippen LogP contribution >= 0.6 is 0 Å². The Hall–Kier alpha value is -2.18. The zero-order chi connectivity index (χ0) is 16.5. The van der Waals surface area contributed by atoms with E-state index in [-0.39, 0.29) is 5.91 Å². The van der Waals surface area contributed by atoms with E-state index in [1.807, 2.05) is 13.2 Å². The monoisotopic (exact) mass is 328 g/mol. The van der Waals surface area contributed by atoms with E-state index in [9.17, 15) is 4.79 Å². The highest BCUT2D eigenvalue weighted by molar-refractivity contribution is 5.95. The molecule has 0 radical (unpaired) electrons. The van der Waals surface area contributed by atoms with Gasteiger partial charge < -0.3 is 9.88 Å². The molecule has 4 rings (SSSR count). The Morgan fingerprint density at radius 1 is 1.25 bits per heavy atom. The van der Waals surface area contributed by atoms with Crippen LogP contribution in [-0.4, -0.2) is 30.5 Å². The molecule has 2 aromatic heterocycles. The van der Waals surface area contributed by atoms with Gasteiger partial charge in [-0.2, -0.15) is 5.10 Å². The highest BCUT2D eigenvalue weighted by Gasteiger charge is 2.28. The SMILES string of the molecule is Cn1cc(C(=O)NCc2nnc3n2CCCCC3)c(C2CCC2)n1. The van der Waals surface area contributed by atoms with E-state index >= 15 is 0 Å². The van der Waals surface area contributed by atoms with Crippen LogP contribution in [0, 0.1) is 0 Å². The molecule has 24 heavy (non-hydrogen) atoms. The minimum Gasteiger partial charge on any atom is -0.345 e. The van der Waals surface area contributed by atoms with E-state index in [4.69, 9.17) is 0 Å². The molecule has 3 heterocycles. The maximum atomic E-state index is 12.6. The summed E-state index contributed by atoms with van der Waals surface area (Å²) < 4.78 is 3.91. The summed E-state index contributed by atoms with van der Waals surface area (Å²) in [6, 6.07) is 0. The Kier molecular flexibility index (Phi) is 4.08. The Labute approximate surface area is 141 Å². The number of aromatic nitrogens is 5. The number of nitrogens with one attached hydrogen (secondary N) is 1. The van der Waals surface area contributed by atoms with Gasteiger partial charge in [0.15, 0.2) is 5.82 Å². The zero-order valence-electron chi connectivity index (χ0n) is 14.2. The van der Waals surface area contributed by atoms with Crippen LogP contribution in [0.25, 0.3) is 0 Å². The highest BCUT2D eigenvalue weighted by atomic mass is 16.1. The van der Waals surface area contributed by atoms with Crippen LogP contribution in [0.4, 0.5) is 0 Å². The van der Waals surface area contributed by atoms with Crippen molar-refractivity contribution in [2.45, 2.75) is 64.0 Å². The number of carbonyl (C=O) groups excluding carboxylic acids is 1. The molecule has 7 heteroatoms. The molecule has 2 aliphatic rings. The first-order chi connectivity index (χ1) is 11.7. The Morgan fingerprint density at radius 2 is 2.12 bits per heavy atom. The molecule has 1 N–H and O–H groups in total. The lowest BCUT2D eigenvalue weighted by atomic mass is 9.81. The first kappa shape index (κ1) is 15.4. The summed E-state index contributed by atoms with van der Waals surface area (Å²) in [5.41, 5.74) is 1.65. The van der Waals surface area contributed by atoms with Crippen LogP contribution in [-0.2, 0) is 26.6 Å². The molecule has 1 amide bonds. The third-order valence-corrected chi connectivity index (χ3v) is 5.19. The Bertz CT molecular complexity index is 742. The van der Waals surface area contributed by atoms with Gasteiger partial charge in [-0.15, -0.1) is 10.2 Å². The number of aryl methyl sites for hydroxylation is 2. The third-order valence-electron chi connectivity index (χ3n) is 5.19. The largest absolute Gasteiger partial charge is 0.345 e. The summed E-state index contributed by atoms with van der Waals surface area (Å²) in [6.07, 6.45) is 9.86. The van der Waals surface area contributed by atoms with E-state index < -0.39 is 0 Å². The molecule has 0 unspecified atom stereocenters. The normalized spacial score (nSPS) is 17.9. The van der Waals surface area contributed by atoms with Crippen molar-refractivity contribution in [3.63, 3.8) is 0 Å². The van der Waals surface area contributed by atoms with Crippen LogP contribution in [0.2, 0.25) is 0 Å². The van der Waals surface area contributed by atoms with E-state index in [1.54, 1.807) is 4.68 Å². The minimum atomic E-state index is -0.0593. The molecule has 7 nitrogen and oxygen atoms in total. The molecule has 1 aliphatic carbocycles. The molecule has 0 saturated heterocycles. The standard InChI is InChI=1S/C17H24N6O/c1-22-11-13(16(21-22)12-6-5-7-12)17(24)18-10-15-20-19-14-8-3-2-4-9-23(14)15/h11-12H,2-10H2,1H3,(H,18,24). The van der Waals surface area contributed by atoms with Crippen molar-refractivity contribution in [2.75, 3.05) is 0 Å². The number of hydrogen-bond donors (Lipinski definition) is 1. The fourth-order valence-corrected chi connectivity index (χ4v) is 3.59. The number of hydrogen-bond acceptors (Lipinski definition) is 4. The number of carbonyl (C=O) groups is 1. The number of fused-ring (bicyclic) bond motifs is 1. The first-order valence-electron chi connectivity index (χ1n) is 8.95. The van der Waals surface area contributed by atoms with Crippen molar-refractivity contribution in [1.29, 1.82) is 0 Å². The maximum absolute atomic E-state index is 12.6. The lowest BCUT2D eigenvalue weighted by Crippen LogP contribution is -2.26. The second kappa shape index (κ2) is 6.37. The first-order valence-corrected chi connectivity index (χ1v) is 8.95. The summed E-state index contributed by atoms with van der Waals surface area (Å²) in [4.78, 5) is 12.6. The second-order valence-corrected chi connectivity index (χ2v) is 6.91. The van der Waals surface area contributed by atoms with Gasteiger partial charge in [-0.05, 0) is 25.7 Å². The van der Waals surface area contributed by atoms with Crippen molar-refractivity contribution in [2.24, 2.45) is 7.05 Å². The van der Waals surface area contributed by atoms with Gasteiger partial charge >= 0.3 is 0 Å². The predicted molar refractivity (Wildman–Crippen MR) is 88.5 cm³/mol. The van der Waals surface area contributed by atoms with Crippen molar-refractivity contribution < 1.29 is 4.79 Å². The fraction of sp³-hybridized carbons (Fsp3) is 0.647. The van der Waals surface area contributed by atoms with Crippen LogP contribution in [0.3, 0.4) is 0 Å². The molecule has 1 fully saturated rings. The van der Waals surface area contributed by atoms with E-state index in [0.29, 0.717) is 18.0 Å². The molecule has 1 saturated carbocycles. The van der Waals surface area contributed by atoms with Gasteiger partial charge in [-0.3, -0.25) is 9.48 Å². The fourth-order valence-electron chi connectivity index (χ4n) is 3.59. The molecule has 0 spiro atoms. The highest BCUT2D eigenvalue weighted by Crippen LogP contribution is 2.37. The van der Waals surface area contributed by atoms with Gasteiger partial charge in [-0.25, -0.2) is 0 Å². The van der Waals surface area contributed by atoms with E-state index in [0.717, 1.165) is 49.6 Å². The van der Waals surface area contributed by atoms with E-state index in [1.165, 1.54) is 19.3 Å². The summed E-state index contributed by atoms with van der Waals surface area (Å²) in [6.45, 7) is 1.37.